The molecule has 0 aliphatic carbocycles. The summed E-state index contributed by atoms with van der Waals surface area (Å²) in [5.41, 5.74) is 1.67. The van der Waals surface area contributed by atoms with Crippen molar-refractivity contribution in [1.82, 2.24) is 4.57 Å². The van der Waals surface area contributed by atoms with E-state index in [-0.39, 0.29) is 17.6 Å². The number of rotatable bonds is 5. The van der Waals surface area contributed by atoms with E-state index in [4.69, 9.17) is 4.74 Å². The number of aromatic nitrogens is 1. The fourth-order valence-corrected chi connectivity index (χ4v) is 2.54. The van der Waals surface area contributed by atoms with Gasteiger partial charge in [-0.05, 0) is 30.7 Å². The van der Waals surface area contributed by atoms with Gasteiger partial charge < -0.3 is 14.6 Å². The van der Waals surface area contributed by atoms with Gasteiger partial charge in [-0.15, -0.1) is 0 Å². The second-order valence-electron chi connectivity index (χ2n) is 5.99. The van der Waals surface area contributed by atoms with Crippen LogP contribution in [0.5, 0.6) is 5.75 Å². The summed E-state index contributed by atoms with van der Waals surface area (Å²) in [4.78, 5) is 24.2. The summed E-state index contributed by atoms with van der Waals surface area (Å²) in [7, 11) is 1.64. The van der Waals surface area contributed by atoms with Gasteiger partial charge >= 0.3 is 0 Å². The van der Waals surface area contributed by atoms with Gasteiger partial charge in [0.2, 0.25) is 0 Å². The SMILES string of the molecule is C[C@H](Oc1ccccc1NC(=O)c1ccn(C)c(=O)c1)c1ccccc1. The van der Waals surface area contributed by atoms with E-state index in [1.54, 1.807) is 31.4 Å². The first kappa shape index (κ1) is 17.5. The molecular weight excluding hydrogens is 328 g/mol. The second kappa shape index (κ2) is 7.70. The number of nitrogens with zero attached hydrogens (tertiary/aromatic N) is 1. The van der Waals surface area contributed by atoms with Gasteiger partial charge in [0.1, 0.15) is 11.9 Å². The van der Waals surface area contributed by atoms with E-state index in [1.807, 2.05) is 49.4 Å². The maximum absolute atomic E-state index is 12.5. The Hall–Kier alpha value is -3.34. The molecule has 1 atom stereocenters. The minimum atomic E-state index is -0.355. The molecule has 132 valence electrons. The highest BCUT2D eigenvalue weighted by atomic mass is 16.5. The van der Waals surface area contributed by atoms with Crippen LogP contribution in [0.2, 0.25) is 0 Å². The lowest BCUT2D eigenvalue weighted by molar-refractivity contribution is 0.102. The number of amides is 1. The van der Waals surface area contributed by atoms with E-state index in [9.17, 15) is 9.59 Å². The lowest BCUT2D eigenvalue weighted by atomic mass is 10.1. The van der Waals surface area contributed by atoms with Gasteiger partial charge in [-0.1, -0.05) is 42.5 Å². The van der Waals surface area contributed by atoms with Crippen molar-refractivity contribution >= 4 is 11.6 Å². The van der Waals surface area contributed by atoms with Crippen molar-refractivity contribution in [3.05, 3.63) is 94.4 Å². The molecule has 0 unspecified atom stereocenters. The summed E-state index contributed by atoms with van der Waals surface area (Å²) < 4.78 is 7.44. The zero-order valence-corrected chi connectivity index (χ0v) is 14.7. The monoisotopic (exact) mass is 348 g/mol. The molecule has 0 fully saturated rings. The van der Waals surface area contributed by atoms with E-state index in [0.717, 1.165) is 5.56 Å². The van der Waals surface area contributed by atoms with E-state index in [1.165, 1.54) is 10.6 Å². The molecule has 1 heterocycles. The average Bonchev–Trinajstić information content (AvgIpc) is 2.66. The lowest BCUT2D eigenvalue weighted by Crippen LogP contribution is -2.20. The Kier molecular flexibility index (Phi) is 5.17. The third-order valence-electron chi connectivity index (χ3n) is 4.07. The van der Waals surface area contributed by atoms with E-state index in [0.29, 0.717) is 17.0 Å². The number of pyridine rings is 1. The quantitative estimate of drug-likeness (QED) is 0.763. The van der Waals surface area contributed by atoms with Crippen molar-refractivity contribution in [1.29, 1.82) is 0 Å². The summed E-state index contributed by atoms with van der Waals surface area (Å²) in [6.45, 7) is 1.95. The summed E-state index contributed by atoms with van der Waals surface area (Å²) in [5.74, 6) is 0.215. The number of hydrogen-bond donors (Lipinski definition) is 1. The number of anilines is 1. The topological polar surface area (TPSA) is 60.3 Å². The number of nitrogens with one attached hydrogen (secondary N) is 1. The highest BCUT2D eigenvalue weighted by molar-refractivity contribution is 6.04. The molecule has 5 nitrogen and oxygen atoms in total. The Bertz CT molecular complexity index is 964. The van der Waals surface area contributed by atoms with Crippen LogP contribution in [0, 0.1) is 0 Å². The normalized spacial score (nSPS) is 11.6. The molecule has 1 N–H and O–H groups in total. The van der Waals surface area contributed by atoms with Crippen molar-refractivity contribution in [2.24, 2.45) is 7.05 Å². The van der Waals surface area contributed by atoms with Gasteiger partial charge in [0, 0.05) is 24.9 Å². The molecule has 0 bridgehead atoms. The molecule has 0 saturated carbocycles. The number of benzene rings is 2. The van der Waals surface area contributed by atoms with Crippen molar-refractivity contribution < 1.29 is 9.53 Å². The van der Waals surface area contributed by atoms with Gasteiger partial charge in [-0.3, -0.25) is 9.59 Å². The van der Waals surface area contributed by atoms with Crippen LogP contribution in [0.3, 0.4) is 0 Å². The third kappa shape index (κ3) is 4.00. The zero-order chi connectivity index (χ0) is 18.5. The Balaban J connectivity index is 1.79. The first-order valence-corrected chi connectivity index (χ1v) is 8.33. The summed E-state index contributed by atoms with van der Waals surface area (Å²) in [6.07, 6.45) is 1.40. The van der Waals surface area contributed by atoms with Gasteiger partial charge in [-0.2, -0.15) is 0 Å². The number of hydrogen-bond acceptors (Lipinski definition) is 3. The van der Waals surface area contributed by atoms with Crippen molar-refractivity contribution in [3.63, 3.8) is 0 Å². The summed E-state index contributed by atoms with van der Waals surface area (Å²) >= 11 is 0. The molecule has 1 amide bonds. The molecule has 0 saturated heterocycles. The first-order chi connectivity index (χ1) is 12.5. The molecule has 1 aromatic heterocycles. The molecule has 2 aromatic carbocycles. The third-order valence-corrected chi connectivity index (χ3v) is 4.07. The molecule has 3 aromatic rings. The van der Waals surface area contributed by atoms with Crippen LogP contribution in [-0.2, 0) is 7.05 Å². The van der Waals surface area contributed by atoms with Gasteiger partial charge in [0.25, 0.3) is 11.5 Å². The molecule has 0 radical (unpaired) electrons. The van der Waals surface area contributed by atoms with Crippen molar-refractivity contribution in [2.75, 3.05) is 5.32 Å². The maximum Gasteiger partial charge on any atom is 0.256 e. The minimum absolute atomic E-state index is 0.168. The molecule has 0 aliphatic heterocycles. The van der Waals surface area contributed by atoms with Crippen LogP contribution in [0.1, 0.15) is 28.9 Å². The summed E-state index contributed by atoms with van der Waals surface area (Å²) in [6, 6.07) is 20.0. The molecular formula is C21H20N2O3. The zero-order valence-electron chi connectivity index (χ0n) is 14.7. The van der Waals surface area contributed by atoms with Crippen LogP contribution in [0.25, 0.3) is 0 Å². The number of carbonyl (C=O) groups is 1. The molecule has 0 aliphatic rings. The molecule has 5 heteroatoms. The number of ether oxygens (including phenoxy) is 1. The second-order valence-corrected chi connectivity index (χ2v) is 5.99. The largest absolute Gasteiger partial charge is 0.484 e. The van der Waals surface area contributed by atoms with Crippen LogP contribution in [0.15, 0.2) is 77.7 Å². The van der Waals surface area contributed by atoms with E-state index >= 15 is 0 Å². The van der Waals surface area contributed by atoms with Crippen LogP contribution in [-0.4, -0.2) is 10.5 Å². The number of aryl methyl sites for hydroxylation is 1. The number of carbonyl (C=O) groups excluding carboxylic acids is 1. The Morgan fingerprint density at radius 1 is 1.04 bits per heavy atom. The molecule has 26 heavy (non-hydrogen) atoms. The van der Waals surface area contributed by atoms with Crippen LogP contribution in [0.4, 0.5) is 5.69 Å². The smallest absolute Gasteiger partial charge is 0.256 e. The lowest BCUT2D eigenvalue weighted by Gasteiger charge is -2.18. The molecule has 0 spiro atoms. The van der Waals surface area contributed by atoms with Gasteiger partial charge in [-0.25, -0.2) is 0 Å². The predicted molar refractivity (Wildman–Crippen MR) is 102 cm³/mol. The van der Waals surface area contributed by atoms with E-state index in [2.05, 4.69) is 5.32 Å². The summed E-state index contributed by atoms with van der Waals surface area (Å²) in [5, 5.41) is 2.82. The predicted octanol–water partition coefficient (Wildman–Crippen LogP) is 3.78. The average molecular weight is 348 g/mol. The standard InChI is InChI=1S/C21H20N2O3/c1-15(16-8-4-3-5-9-16)26-19-11-7-6-10-18(19)22-21(25)17-12-13-23(2)20(24)14-17/h3-15H,1-2H3,(H,22,25)/t15-/m0/s1. The Labute approximate surface area is 151 Å². The fourth-order valence-electron chi connectivity index (χ4n) is 2.54. The van der Waals surface area contributed by atoms with Gasteiger partial charge in [0.05, 0.1) is 5.69 Å². The fraction of sp³-hybridized carbons (Fsp3) is 0.143. The highest BCUT2D eigenvalue weighted by Crippen LogP contribution is 2.29. The maximum atomic E-state index is 12.5. The van der Waals surface area contributed by atoms with Crippen LogP contribution >= 0.6 is 0 Å². The Morgan fingerprint density at radius 2 is 1.73 bits per heavy atom. The molecule has 3 rings (SSSR count). The van der Waals surface area contributed by atoms with Crippen molar-refractivity contribution in [3.8, 4) is 5.75 Å². The van der Waals surface area contributed by atoms with Gasteiger partial charge in [0.15, 0.2) is 0 Å². The first-order valence-electron chi connectivity index (χ1n) is 8.33. The van der Waals surface area contributed by atoms with Crippen LogP contribution < -0.4 is 15.6 Å². The number of para-hydroxylation sites is 2. The van der Waals surface area contributed by atoms with E-state index < -0.39 is 0 Å². The Morgan fingerprint density at radius 3 is 2.46 bits per heavy atom. The highest BCUT2D eigenvalue weighted by Gasteiger charge is 2.13. The minimum Gasteiger partial charge on any atom is -0.484 e. The van der Waals surface area contributed by atoms with Crippen molar-refractivity contribution in [2.45, 2.75) is 13.0 Å².